The Bertz CT molecular complexity index is 1200. The topological polar surface area (TPSA) is 118 Å². The van der Waals surface area contributed by atoms with Gasteiger partial charge in [0.25, 0.3) is 15.7 Å². The van der Waals surface area contributed by atoms with Crippen LogP contribution in [-0.2, 0) is 21.2 Å². The molecule has 0 aromatic heterocycles. The van der Waals surface area contributed by atoms with Crippen molar-refractivity contribution in [2.24, 2.45) is 0 Å². The average Bonchev–Trinajstić information content (AvgIpc) is 2.70. The number of rotatable bonds is 7. The van der Waals surface area contributed by atoms with Crippen LogP contribution in [0.1, 0.15) is 5.56 Å². The first-order chi connectivity index (χ1) is 14.2. The summed E-state index contributed by atoms with van der Waals surface area (Å²) in [5.74, 6) is -0.510. The molecule has 3 rings (SSSR count). The van der Waals surface area contributed by atoms with Gasteiger partial charge in [-0.3, -0.25) is 19.6 Å². The Balaban J connectivity index is 1.74. The molecule has 3 aromatic carbocycles. The SMILES string of the molecule is O=C(Cc1ccccc1[N+](=O)[O-])Nc1cccc(S(=O)(=O)Nc2ccc(Cl)cc2)c1. The minimum Gasteiger partial charge on any atom is -0.326 e. The van der Waals surface area contributed by atoms with Gasteiger partial charge in [0.2, 0.25) is 5.91 Å². The zero-order valence-electron chi connectivity index (χ0n) is 15.4. The van der Waals surface area contributed by atoms with Crippen molar-refractivity contribution in [3.8, 4) is 0 Å². The van der Waals surface area contributed by atoms with Crippen molar-refractivity contribution in [2.45, 2.75) is 11.3 Å². The fourth-order valence-electron chi connectivity index (χ4n) is 2.69. The molecule has 154 valence electrons. The Kier molecular flexibility index (Phi) is 6.34. The van der Waals surface area contributed by atoms with E-state index in [0.29, 0.717) is 10.7 Å². The number of hydrogen-bond acceptors (Lipinski definition) is 5. The van der Waals surface area contributed by atoms with E-state index in [-0.39, 0.29) is 28.3 Å². The van der Waals surface area contributed by atoms with E-state index in [1.165, 1.54) is 54.6 Å². The zero-order valence-corrected chi connectivity index (χ0v) is 17.0. The molecule has 0 saturated carbocycles. The van der Waals surface area contributed by atoms with Gasteiger partial charge in [0.05, 0.1) is 16.2 Å². The molecule has 0 heterocycles. The van der Waals surface area contributed by atoms with Crippen LogP contribution in [0.25, 0.3) is 0 Å². The van der Waals surface area contributed by atoms with Gasteiger partial charge in [0, 0.05) is 28.0 Å². The minimum atomic E-state index is -3.90. The van der Waals surface area contributed by atoms with Crippen molar-refractivity contribution in [2.75, 3.05) is 10.0 Å². The molecule has 2 N–H and O–H groups in total. The van der Waals surface area contributed by atoms with E-state index in [1.807, 2.05) is 0 Å². The third-order valence-corrected chi connectivity index (χ3v) is 5.69. The van der Waals surface area contributed by atoms with Gasteiger partial charge in [-0.1, -0.05) is 35.9 Å². The van der Waals surface area contributed by atoms with Gasteiger partial charge >= 0.3 is 0 Å². The molecule has 0 atom stereocenters. The molecule has 0 spiro atoms. The number of nitro groups is 1. The largest absolute Gasteiger partial charge is 0.326 e. The van der Waals surface area contributed by atoms with Crippen molar-refractivity contribution in [1.82, 2.24) is 0 Å². The number of carbonyl (C=O) groups is 1. The summed E-state index contributed by atoms with van der Waals surface area (Å²) in [5, 5.41) is 14.1. The van der Waals surface area contributed by atoms with E-state index in [9.17, 15) is 23.3 Å². The van der Waals surface area contributed by atoms with Gasteiger partial charge < -0.3 is 5.32 Å². The Morgan fingerprint density at radius 3 is 2.37 bits per heavy atom. The lowest BCUT2D eigenvalue weighted by atomic mass is 10.1. The van der Waals surface area contributed by atoms with Crippen LogP contribution in [0.2, 0.25) is 5.02 Å². The molecule has 0 saturated heterocycles. The molecule has 3 aromatic rings. The highest BCUT2D eigenvalue weighted by atomic mass is 35.5. The Labute approximate surface area is 177 Å². The lowest BCUT2D eigenvalue weighted by Gasteiger charge is -2.10. The first-order valence-corrected chi connectivity index (χ1v) is 10.5. The molecule has 0 aliphatic rings. The van der Waals surface area contributed by atoms with Crippen LogP contribution in [0.5, 0.6) is 0 Å². The second-order valence-electron chi connectivity index (χ2n) is 6.25. The summed E-state index contributed by atoms with van der Waals surface area (Å²) >= 11 is 5.80. The number of halogens is 1. The molecule has 10 heteroatoms. The summed E-state index contributed by atoms with van der Waals surface area (Å²) in [5.41, 5.74) is 0.687. The summed E-state index contributed by atoms with van der Waals surface area (Å²) in [7, 11) is -3.90. The number of benzene rings is 3. The Hall–Kier alpha value is -3.43. The number of amides is 1. The predicted octanol–water partition coefficient (Wildman–Crippen LogP) is 4.23. The fourth-order valence-corrected chi connectivity index (χ4v) is 3.92. The Morgan fingerprint density at radius 2 is 1.67 bits per heavy atom. The highest BCUT2D eigenvalue weighted by Gasteiger charge is 2.17. The molecule has 0 aliphatic heterocycles. The summed E-state index contributed by atoms with van der Waals surface area (Å²) in [6.07, 6.45) is -0.225. The monoisotopic (exact) mass is 445 g/mol. The van der Waals surface area contributed by atoms with Gasteiger partial charge in [-0.05, 0) is 42.5 Å². The van der Waals surface area contributed by atoms with Crippen molar-refractivity contribution >= 4 is 44.6 Å². The number of hydrogen-bond donors (Lipinski definition) is 2. The van der Waals surface area contributed by atoms with E-state index in [2.05, 4.69) is 10.0 Å². The number of sulfonamides is 1. The van der Waals surface area contributed by atoms with Gasteiger partial charge in [0.1, 0.15) is 0 Å². The van der Waals surface area contributed by atoms with E-state index < -0.39 is 20.9 Å². The molecule has 30 heavy (non-hydrogen) atoms. The molecular weight excluding hydrogens is 430 g/mol. The maximum Gasteiger partial charge on any atom is 0.273 e. The average molecular weight is 446 g/mol. The van der Waals surface area contributed by atoms with E-state index >= 15 is 0 Å². The normalized spacial score (nSPS) is 11.0. The number of nitrogens with one attached hydrogen (secondary N) is 2. The second-order valence-corrected chi connectivity index (χ2v) is 8.37. The van der Waals surface area contributed by atoms with Crippen molar-refractivity contribution in [3.63, 3.8) is 0 Å². The van der Waals surface area contributed by atoms with Crippen LogP contribution in [0.3, 0.4) is 0 Å². The quantitative estimate of drug-likeness (QED) is 0.416. The third kappa shape index (κ3) is 5.34. The summed E-state index contributed by atoms with van der Waals surface area (Å²) in [4.78, 5) is 22.8. The lowest BCUT2D eigenvalue weighted by molar-refractivity contribution is -0.385. The standard InChI is InChI=1S/C20H16ClN3O5S/c21-15-8-10-16(11-9-15)23-30(28,29)18-6-3-5-17(13-18)22-20(25)12-14-4-1-2-7-19(14)24(26)27/h1-11,13,23H,12H2,(H,22,25). The molecule has 8 nitrogen and oxygen atoms in total. The van der Waals surface area contributed by atoms with E-state index in [0.717, 1.165) is 0 Å². The van der Waals surface area contributed by atoms with E-state index in [1.54, 1.807) is 18.2 Å². The highest BCUT2D eigenvalue weighted by molar-refractivity contribution is 7.92. The molecular formula is C20H16ClN3O5S. The van der Waals surface area contributed by atoms with Gasteiger partial charge in [-0.25, -0.2) is 8.42 Å². The lowest BCUT2D eigenvalue weighted by Crippen LogP contribution is -2.16. The van der Waals surface area contributed by atoms with Crippen molar-refractivity contribution < 1.29 is 18.1 Å². The first-order valence-electron chi connectivity index (χ1n) is 8.65. The van der Waals surface area contributed by atoms with Crippen LogP contribution in [0.4, 0.5) is 17.1 Å². The first kappa shape index (κ1) is 21.3. The number of nitrogens with zero attached hydrogens (tertiary/aromatic N) is 1. The number of carbonyl (C=O) groups excluding carboxylic acids is 1. The van der Waals surface area contributed by atoms with Crippen LogP contribution < -0.4 is 10.0 Å². The number of anilines is 2. The molecule has 0 bridgehead atoms. The maximum absolute atomic E-state index is 12.6. The van der Waals surface area contributed by atoms with Crippen LogP contribution in [-0.4, -0.2) is 19.2 Å². The second kappa shape index (κ2) is 8.93. The predicted molar refractivity (Wildman–Crippen MR) is 114 cm³/mol. The zero-order chi connectivity index (χ0) is 21.7. The number of nitro benzene ring substituents is 1. The maximum atomic E-state index is 12.6. The van der Waals surface area contributed by atoms with Crippen LogP contribution in [0.15, 0.2) is 77.7 Å². The fraction of sp³-hybridized carbons (Fsp3) is 0.0500. The minimum absolute atomic E-state index is 0.0547. The highest BCUT2D eigenvalue weighted by Crippen LogP contribution is 2.22. The molecule has 0 aliphatic carbocycles. The Morgan fingerprint density at radius 1 is 0.967 bits per heavy atom. The van der Waals surface area contributed by atoms with Crippen molar-refractivity contribution in [1.29, 1.82) is 0 Å². The van der Waals surface area contributed by atoms with Gasteiger partial charge in [-0.15, -0.1) is 0 Å². The van der Waals surface area contributed by atoms with Crippen LogP contribution in [0, 0.1) is 10.1 Å². The van der Waals surface area contributed by atoms with Gasteiger partial charge in [-0.2, -0.15) is 0 Å². The molecule has 0 radical (unpaired) electrons. The molecule has 0 unspecified atom stereocenters. The van der Waals surface area contributed by atoms with Gasteiger partial charge in [0.15, 0.2) is 0 Å². The van der Waals surface area contributed by atoms with Crippen LogP contribution >= 0.6 is 11.6 Å². The molecule has 1 amide bonds. The summed E-state index contributed by atoms with van der Waals surface area (Å²) in [6.45, 7) is 0. The van der Waals surface area contributed by atoms with Crippen molar-refractivity contribution in [3.05, 3.63) is 93.5 Å². The summed E-state index contributed by atoms with van der Waals surface area (Å²) < 4.78 is 27.6. The third-order valence-electron chi connectivity index (χ3n) is 4.06. The smallest absolute Gasteiger partial charge is 0.273 e. The summed E-state index contributed by atoms with van der Waals surface area (Å²) in [6, 6.07) is 17.8. The molecule has 0 fully saturated rings. The van der Waals surface area contributed by atoms with E-state index in [4.69, 9.17) is 11.6 Å². The number of para-hydroxylation sites is 1.